The molecule has 0 heterocycles. The third-order valence-electron chi connectivity index (χ3n) is 3.73. The van der Waals surface area contributed by atoms with E-state index in [1.165, 1.54) is 57.1 Å². The van der Waals surface area contributed by atoms with Gasteiger partial charge < -0.3 is 5.32 Å². The van der Waals surface area contributed by atoms with Crippen LogP contribution in [0.15, 0.2) is 18.2 Å². The highest BCUT2D eigenvalue weighted by Crippen LogP contribution is 2.23. The second-order valence-corrected chi connectivity index (χ2v) is 5.22. The molecule has 0 atom stereocenters. The van der Waals surface area contributed by atoms with Crippen molar-refractivity contribution in [3.8, 4) is 0 Å². The Morgan fingerprint density at radius 2 is 1.67 bits per heavy atom. The van der Waals surface area contributed by atoms with Gasteiger partial charge in [-0.1, -0.05) is 32.1 Å². The van der Waals surface area contributed by atoms with Gasteiger partial charge >= 0.3 is 0 Å². The number of hydrogen-bond donors (Lipinski definition) is 1. The smallest absolute Gasteiger partial charge is 0.146 e. The van der Waals surface area contributed by atoms with Crippen LogP contribution in [0.2, 0.25) is 0 Å². The molecular weight excluding hydrogens is 232 g/mol. The van der Waals surface area contributed by atoms with E-state index in [1.807, 2.05) is 0 Å². The van der Waals surface area contributed by atoms with E-state index in [2.05, 4.69) is 5.32 Å². The Balaban J connectivity index is 1.87. The Hall–Kier alpha value is -1.12. The first-order valence-electron chi connectivity index (χ1n) is 6.94. The minimum Gasteiger partial charge on any atom is -0.382 e. The summed E-state index contributed by atoms with van der Waals surface area (Å²) >= 11 is 0. The largest absolute Gasteiger partial charge is 0.382 e. The van der Waals surface area contributed by atoms with Gasteiger partial charge in [0.05, 0.1) is 5.69 Å². The Bertz CT molecular complexity index is 371. The molecule has 0 amide bonds. The van der Waals surface area contributed by atoms with Gasteiger partial charge in [-0.15, -0.1) is 0 Å². The van der Waals surface area contributed by atoms with Crippen LogP contribution in [-0.4, -0.2) is 6.54 Å². The van der Waals surface area contributed by atoms with Gasteiger partial charge in [0.15, 0.2) is 0 Å². The first-order chi connectivity index (χ1) is 8.75. The SMILES string of the molecule is Fc1ccc(F)c(NCC2CCCCCCC2)c1. The molecule has 18 heavy (non-hydrogen) atoms. The van der Waals surface area contributed by atoms with E-state index in [4.69, 9.17) is 0 Å². The molecule has 1 aromatic carbocycles. The van der Waals surface area contributed by atoms with Crippen LogP contribution in [-0.2, 0) is 0 Å². The summed E-state index contributed by atoms with van der Waals surface area (Å²) in [6.07, 6.45) is 8.89. The van der Waals surface area contributed by atoms with Crippen molar-refractivity contribution in [1.29, 1.82) is 0 Å². The molecule has 0 aromatic heterocycles. The van der Waals surface area contributed by atoms with Crippen LogP contribution >= 0.6 is 0 Å². The van der Waals surface area contributed by atoms with Crippen LogP contribution in [0.25, 0.3) is 0 Å². The Kier molecular flexibility index (Phi) is 4.97. The number of hydrogen-bond acceptors (Lipinski definition) is 1. The maximum absolute atomic E-state index is 13.4. The monoisotopic (exact) mass is 253 g/mol. The fourth-order valence-electron chi connectivity index (χ4n) is 2.63. The highest BCUT2D eigenvalue weighted by atomic mass is 19.1. The number of anilines is 1. The molecule has 1 saturated carbocycles. The van der Waals surface area contributed by atoms with Crippen LogP contribution in [0.5, 0.6) is 0 Å². The zero-order valence-corrected chi connectivity index (χ0v) is 10.7. The summed E-state index contributed by atoms with van der Waals surface area (Å²) in [6, 6.07) is 3.56. The van der Waals surface area contributed by atoms with Crippen LogP contribution in [0, 0.1) is 17.6 Å². The standard InChI is InChI=1S/C15H21F2N/c16-13-8-9-14(17)15(10-13)18-11-12-6-4-2-1-3-5-7-12/h8-10,12,18H,1-7,11H2. The lowest BCUT2D eigenvalue weighted by molar-refractivity contribution is 0.392. The van der Waals surface area contributed by atoms with E-state index in [0.29, 0.717) is 5.92 Å². The van der Waals surface area contributed by atoms with E-state index in [9.17, 15) is 8.78 Å². The van der Waals surface area contributed by atoms with E-state index in [0.717, 1.165) is 12.6 Å². The highest BCUT2D eigenvalue weighted by Gasteiger charge is 2.12. The summed E-state index contributed by atoms with van der Waals surface area (Å²) in [5.41, 5.74) is 0.289. The molecule has 1 N–H and O–H groups in total. The molecule has 0 bridgehead atoms. The zero-order chi connectivity index (χ0) is 12.8. The molecular formula is C15H21F2N. The van der Waals surface area contributed by atoms with E-state index in [1.54, 1.807) is 0 Å². The predicted molar refractivity (Wildman–Crippen MR) is 70.7 cm³/mol. The number of nitrogens with one attached hydrogen (secondary N) is 1. The molecule has 100 valence electrons. The molecule has 0 aliphatic heterocycles. The van der Waals surface area contributed by atoms with Gasteiger partial charge in [-0.2, -0.15) is 0 Å². The molecule has 1 aromatic rings. The van der Waals surface area contributed by atoms with Crippen molar-refractivity contribution in [2.45, 2.75) is 44.9 Å². The predicted octanol–water partition coefficient (Wildman–Crippen LogP) is 4.74. The first kappa shape index (κ1) is 13.3. The Morgan fingerprint density at radius 3 is 2.39 bits per heavy atom. The second-order valence-electron chi connectivity index (χ2n) is 5.22. The molecule has 1 nitrogen and oxygen atoms in total. The van der Waals surface area contributed by atoms with E-state index < -0.39 is 5.82 Å². The Morgan fingerprint density at radius 1 is 1.00 bits per heavy atom. The normalized spacial score (nSPS) is 18.1. The Labute approximate surface area is 108 Å². The fraction of sp³-hybridized carbons (Fsp3) is 0.600. The van der Waals surface area contributed by atoms with Crippen LogP contribution in [0.3, 0.4) is 0 Å². The summed E-state index contributed by atoms with van der Waals surface area (Å²) in [5.74, 6) is -0.174. The van der Waals surface area contributed by atoms with Crippen molar-refractivity contribution in [2.75, 3.05) is 11.9 Å². The summed E-state index contributed by atoms with van der Waals surface area (Å²) in [7, 11) is 0. The minimum absolute atomic E-state index is 0.289. The molecule has 0 saturated heterocycles. The highest BCUT2D eigenvalue weighted by molar-refractivity contribution is 5.44. The summed E-state index contributed by atoms with van der Waals surface area (Å²) < 4.78 is 26.5. The van der Waals surface area contributed by atoms with Crippen molar-refractivity contribution in [1.82, 2.24) is 0 Å². The van der Waals surface area contributed by atoms with Gasteiger partial charge in [-0.25, -0.2) is 8.78 Å². The van der Waals surface area contributed by atoms with Gasteiger partial charge in [0.25, 0.3) is 0 Å². The van der Waals surface area contributed by atoms with Crippen molar-refractivity contribution in [3.63, 3.8) is 0 Å². The number of rotatable bonds is 3. The first-order valence-corrected chi connectivity index (χ1v) is 6.94. The quantitative estimate of drug-likeness (QED) is 0.820. The maximum atomic E-state index is 13.4. The number of halogens is 2. The summed E-state index contributed by atoms with van der Waals surface area (Å²) in [5, 5.41) is 3.06. The minimum atomic E-state index is -0.392. The van der Waals surface area contributed by atoms with Crippen molar-refractivity contribution in [3.05, 3.63) is 29.8 Å². The molecule has 0 radical (unpaired) electrons. The van der Waals surface area contributed by atoms with Gasteiger partial charge in [0.2, 0.25) is 0 Å². The van der Waals surface area contributed by atoms with Crippen molar-refractivity contribution < 1.29 is 8.78 Å². The lowest BCUT2D eigenvalue weighted by Crippen LogP contribution is -2.16. The van der Waals surface area contributed by atoms with Gasteiger partial charge in [-0.05, 0) is 37.0 Å². The fourth-order valence-corrected chi connectivity index (χ4v) is 2.63. The third-order valence-corrected chi connectivity index (χ3v) is 3.73. The van der Waals surface area contributed by atoms with Crippen molar-refractivity contribution >= 4 is 5.69 Å². The zero-order valence-electron chi connectivity index (χ0n) is 10.7. The molecule has 2 rings (SSSR count). The maximum Gasteiger partial charge on any atom is 0.146 e. The topological polar surface area (TPSA) is 12.0 Å². The summed E-state index contributed by atoms with van der Waals surface area (Å²) in [6.45, 7) is 0.750. The van der Waals surface area contributed by atoms with Crippen LogP contribution < -0.4 is 5.32 Å². The summed E-state index contributed by atoms with van der Waals surface area (Å²) in [4.78, 5) is 0. The molecule has 1 fully saturated rings. The van der Waals surface area contributed by atoms with E-state index in [-0.39, 0.29) is 11.5 Å². The number of benzene rings is 1. The molecule has 0 spiro atoms. The lowest BCUT2D eigenvalue weighted by atomic mass is 9.91. The van der Waals surface area contributed by atoms with Gasteiger partial charge in [0, 0.05) is 6.54 Å². The lowest BCUT2D eigenvalue weighted by Gasteiger charge is -2.20. The second kappa shape index (κ2) is 6.72. The van der Waals surface area contributed by atoms with Crippen LogP contribution in [0.1, 0.15) is 44.9 Å². The molecule has 3 heteroatoms. The molecule has 1 aliphatic rings. The molecule has 1 aliphatic carbocycles. The molecule has 0 unspecified atom stereocenters. The average Bonchev–Trinajstić information content (AvgIpc) is 2.32. The third kappa shape index (κ3) is 3.97. The van der Waals surface area contributed by atoms with Crippen LogP contribution in [0.4, 0.5) is 14.5 Å². The average molecular weight is 253 g/mol. The van der Waals surface area contributed by atoms with Gasteiger partial charge in [-0.3, -0.25) is 0 Å². The van der Waals surface area contributed by atoms with Gasteiger partial charge in [0.1, 0.15) is 11.6 Å². The van der Waals surface area contributed by atoms with Crippen molar-refractivity contribution in [2.24, 2.45) is 5.92 Å². The van der Waals surface area contributed by atoms with E-state index >= 15 is 0 Å².